The number of rotatable bonds is 24. The first-order valence-electron chi connectivity index (χ1n) is 27.7. The van der Waals surface area contributed by atoms with Gasteiger partial charge in [0.1, 0.15) is 41.1 Å². The standard InChI is InChI=1S/C59H79Br2ClFN5O14/c1-33(2)41(27-40(69)15-10-9-11-21-79-55(74)39(31-60)32-61)54(73)66-44(16-13-20-65-56(64)75)46(70)26-37-18-19-43(42(63)24-37)67-57(76)81-49-28-50(71)68(7)45-25-38(23-35(4)52(45)62)22-34(3)14-12-17-48(78-8)59(77)29-47(80-51(72)30-59)36(5)53-58(49,6)82-53/h12,14,17-19,23-25,33,36,39,41,44,47-49,53,77H,9-11,13,15-16,20-22,26-32H2,1-8H3,(H,66,73)(H,67,76)(H3,64,65,75)/b17-12+,34-14+/t36-,41+,44+,47+,48-,49+,53+,58+,59-/m1/s1. The van der Waals surface area contributed by atoms with Gasteiger partial charge in [-0.05, 0) is 100 Å². The number of unbranched alkanes of at least 4 members (excludes halogenated alkanes) is 2. The van der Waals surface area contributed by atoms with Crippen LogP contribution in [-0.4, -0.2) is 132 Å². The van der Waals surface area contributed by atoms with Crippen molar-refractivity contribution in [2.45, 2.75) is 160 Å². The zero-order chi connectivity index (χ0) is 60.6. The van der Waals surface area contributed by atoms with Crippen LogP contribution in [0.3, 0.4) is 0 Å². The monoisotopic (exact) mass is 1290 g/mol. The number of anilines is 2. The highest BCUT2D eigenvalue weighted by Crippen LogP contribution is 2.50. The second-order valence-corrected chi connectivity index (χ2v) is 23.9. The average molecular weight is 1300 g/mol. The Hall–Kier alpha value is -5.26. The van der Waals surface area contributed by atoms with E-state index in [1.54, 1.807) is 53.0 Å². The second-order valence-electron chi connectivity index (χ2n) is 22.3. The number of halogens is 4. The van der Waals surface area contributed by atoms with Crippen molar-refractivity contribution in [3.63, 3.8) is 0 Å². The van der Waals surface area contributed by atoms with Gasteiger partial charge < -0.3 is 50.1 Å². The quantitative estimate of drug-likeness (QED) is 0.0216. The number of aryl methyl sites for hydroxylation is 1. The minimum absolute atomic E-state index is 0.0218. The number of ether oxygens (including phenoxy) is 5. The number of aliphatic hydroxyl groups is 1. The summed E-state index contributed by atoms with van der Waals surface area (Å²) < 4.78 is 45.2. The van der Waals surface area contributed by atoms with Gasteiger partial charge in [-0.2, -0.15) is 0 Å². The van der Waals surface area contributed by atoms with Crippen LogP contribution in [0.5, 0.6) is 0 Å². The van der Waals surface area contributed by atoms with E-state index >= 15 is 4.39 Å². The van der Waals surface area contributed by atoms with E-state index < -0.39 is 101 Å². The second kappa shape index (κ2) is 31.0. The molecule has 2 aromatic rings. The number of ketones is 2. The van der Waals surface area contributed by atoms with Gasteiger partial charge in [0.2, 0.25) is 11.8 Å². The van der Waals surface area contributed by atoms with Gasteiger partial charge in [0, 0.05) is 68.9 Å². The summed E-state index contributed by atoms with van der Waals surface area (Å²) in [5.41, 5.74) is 5.01. The molecule has 0 spiro atoms. The largest absolute Gasteiger partial charge is 0.465 e. The fourth-order valence-corrected chi connectivity index (χ4v) is 12.2. The minimum Gasteiger partial charge on any atom is -0.465 e. The van der Waals surface area contributed by atoms with Crippen molar-refractivity contribution in [2.75, 3.05) is 48.2 Å². The van der Waals surface area contributed by atoms with Gasteiger partial charge in [-0.3, -0.25) is 34.1 Å². The van der Waals surface area contributed by atoms with Gasteiger partial charge in [-0.25, -0.2) is 14.0 Å². The van der Waals surface area contributed by atoms with E-state index in [1.165, 1.54) is 24.1 Å². The van der Waals surface area contributed by atoms with E-state index in [9.17, 15) is 43.5 Å². The summed E-state index contributed by atoms with van der Waals surface area (Å²) in [5.74, 6) is -5.51. The molecule has 9 atom stereocenters. The van der Waals surface area contributed by atoms with Crippen molar-refractivity contribution in [1.82, 2.24) is 10.6 Å². The normalized spacial score (nSPS) is 24.7. The van der Waals surface area contributed by atoms with E-state index in [0.29, 0.717) is 52.6 Å². The molecule has 3 aliphatic rings. The number of methoxy groups -OCH3 is 1. The molecule has 2 aromatic carbocycles. The number of allylic oxidation sites excluding steroid dienone is 3. The smallest absolute Gasteiger partial charge is 0.412 e. The summed E-state index contributed by atoms with van der Waals surface area (Å²) in [5, 5.41) is 20.9. The molecule has 0 unspecified atom stereocenters. The highest BCUT2D eigenvalue weighted by atomic mass is 79.9. The van der Waals surface area contributed by atoms with Crippen molar-refractivity contribution >= 4 is 102 Å². The van der Waals surface area contributed by atoms with Crippen LogP contribution in [0.1, 0.15) is 116 Å². The number of epoxide rings is 1. The number of urea groups is 1. The maximum absolute atomic E-state index is 16.1. The molecule has 452 valence electrons. The average Bonchev–Trinajstić information content (AvgIpc) is 3.51. The molecule has 2 fully saturated rings. The number of nitrogens with two attached hydrogens (primary N) is 1. The molecule has 0 aliphatic carbocycles. The van der Waals surface area contributed by atoms with E-state index in [0.717, 1.165) is 17.2 Å². The fraction of sp³-hybridized carbons (Fsp3) is 0.593. The molecule has 5 rings (SSSR count). The number of esters is 2. The van der Waals surface area contributed by atoms with Gasteiger partial charge in [0.15, 0.2) is 5.78 Å². The molecule has 82 heavy (non-hydrogen) atoms. The Morgan fingerprint density at radius 1 is 1.04 bits per heavy atom. The Labute approximate surface area is 501 Å². The fourth-order valence-electron chi connectivity index (χ4n) is 10.4. The molecule has 23 heteroatoms. The molecular weight excluding hydrogens is 1220 g/mol. The van der Waals surface area contributed by atoms with Gasteiger partial charge in [0.05, 0.1) is 53.9 Å². The van der Waals surface area contributed by atoms with Gasteiger partial charge in [0.25, 0.3) is 0 Å². The number of primary amides is 1. The summed E-state index contributed by atoms with van der Waals surface area (Å²) in [7, 11) is 2.99. The summed E-state index contributed by atoms with van der Waals surface area (Å²) in [6.45, 7) is 11.1. The lowest BCUT2D eigenvalue weighted by atomic mass is 9.78. The molecule has 0 radical (unpaired) electrons. The molecular formula is C59H79Br2ClFN5O14. The topological polar surface area (TPSA) is 272 Å². The van der Waals surface area contributed by atoms with Crippen LogP contribution in [0, 0.1) is 36.4 Å². The number of nitrogens with zero attached hydrogens (tertiary/aromatic N) is 1. The van der Waals surface area contributed by atoms with Gasteiger partial charge in [-0.15, -0.1) is 0 Å². The van der Waals surface area contributed by atoms with Crippen molar-refractivity contribution in [1.29, 1.82) is 0 Å². The number of hydrogen-bond acceptors (Lipinski definition) is 14. The molecule has 4 bridgehead atoms. The van der Waals surface area contributed by atoms with Crippen molar-refractivity contribution < 1.29 is 71.5 Å². The van der Waals surface area contributed by atoms with Gasteiger partial charge >= 0.3 is 24.1 Å². The third kappa shape index (κ3) is 18.9. The number of nitrogens with one attached hydrogen (secondary N) is 3. The van der Waals surface area contributed by atoms with Crippen molar-refractivity contribution in [3.8, 4) is 0 Å². The first kappa shape index (κ1) is 67.5. The Morgan fingerprint density at radius 3 is 2.41 bits per heavy atom. The number of carbonyl (C=O) groups excluding carboxylic acids is 8. The van der Waals surface area contributed by atoms with Crippen LogP contribution in [0.15, 0.2) is 54.1 Å². The number of Topliss-reactive ketones (excluding diaryl/α,β-unsaturated/α-hetero) is 2. The Morgan fingerprint density at radius 2 is 1.76 bits per heavy atom. The lowest BCUT2D eigenvalue weighted by Gasteiger charge is -2.41. The molecule has 0 saturated carbocycles. The van der Waals surface area contributed by atoms with E-state index in [2.05, 4.69) is 47.8 Å². The molecule has 19 nitrogen and oxygen atoms in total. The maximum Gasteiger partial charge on any atom is 0.412 e. The molecule has 2 saturated heterocycles. The third-order valence-electron chi connectivity index (χ3n) is 15.4. The number of carbonyl (C=O) groups is 8. The predicted molar refractivity (Wildman–Crippen MR) is 314 cm³/mol. The van der Waals surface area contributed by atoms with Crippen LogP contribution in [0.2, 0.25) is 5.02 Å². The third-order valence-corrected chi connectivity index (χ3v) is 17.5. The van der Waals surface area contributed by atoms with E-state index in [4.69, 9.17) is 41.0 Å². The van der Waals surface area contributed by atoms with E-state index in [-0.39, 0.29) is 92.9 Å². The Kier molecular flexibility index (Phi) is 25.6. The summed E-state index contributed by atoms with van der Waals surface area (Å²) >= 11 is 13.4. The number of benzene rings is 2. The lowest BCUT2D eigenvalue weighted by molar-refractivity contribution is -0.187. The van der Waals surface area contributed by atoms with Crippen LogP contribution >= 0.6 is 43.5 Å². The molecule has 3 aliphatic heterocycles. The molecule has 3 heterocycles. The molecule has 0 aromatic heterocycles. The predicted octanol–water partition coefficient (Wildman–Crippen LogP) is 8.85. The van der Waals surface area contributed by atoms with Gasteiger partial charge in [-0.1, -0.05) is 100 Å². The highest BCUT2D eigenvalue weighted by molar-refractivity contribution is 9.09. The first-order valence-corrected chi connectivity index (χ1v) is 30.3. The summed E-state index contributed by atoms with van der Waals surface area (Å²) in [6, 6.07) is 5.55. The first-order chi connectivity index (χ1) is 38.7. The van der Waals surface area contributed by atoms with Crippen molar-refractivity contribution in [2.24, 2.45) is 29.4 Å². The number of fused-ring (bicyclic) bond motifs is 5. The van der Waals surface area contributed by atoms with Crippen LogP contribution in [0.25, 0.3) is 0 Å². The van der Waals surface area contributed by atoms with Crippen LogP contribution in [0.4, 0.5) is 25.4 Å². The maximum atomic E-state index is 16.1. The molecule has 6 N–H and O–H groups in total. The SMILES string of the molecule is CO[C@@H]1/C=C/C=C(\C)Cc2cc(C)c(Cl)c(c2)N(C)C(=O)C[C@H](OC(=O)Nc2ccc(CC(=O)[C@H](CCCNC(N)=O)NC(=O)[C@@H](CC(=O)CCCCCOC(=O)C(CBr)CBr)C(C)C)cc2F)[C@]2(C)O[C@H]2[C@H](C)[C@@H]2C[C@@]1(O)CC(=O)O2. The zero-order valence-electron chi connectivity index (χ0n) is 47.9. The number of amides is 5. The van der Waals surface area contributed by atoms with Crippen molar-refractivity contribution in [3.05, 3.63) is 81.7 Å². The summed E-state index contributed by atoms with van der Waals surface area (Å²) in [4.78, 5) is 107. The lowest BCUT2D eigenvalue weighted by Crippen LogP contribution is -2.53. The number of alkyl halides is 2. The zero-order valence-corrected chi connectivity index (χ0v) is 51.8. The Bertz CT molecular complexity index is 2710. The van der Waals surface area contributed by atoms with E-state index in [1.807, 2.05) is 26.0 Å². The Balaban J connectivity index is 1.30. The summed E-state index contributed by atoms with van der Waals surface area (Å²) in [6.07, 6.45) is 1.84. The van der Waals surface area contributed by atoms with Crippen LogP contribution in [-0.2, 0) is 65.3 Å². The highest BCUT2D eigenvalue weighted by Gasteiger charge is 2.64. The number of hydrogen-bond donors (Lipinski definition) is 5. The van der Waals surface area contributed by atoms with Crippen LogP contribution < -0.4 is 26.6 Å². The molecule has 5 amide bonds. The minimum atomic E-state index is -1.66.